The monoisotopic (exact) mass is 330 g/mol. The summed E-state index contributed by atoms with van der Waals surface area (Å²) in [5, 5.41) is 14.7. The van der Waals surface area contributed by atoms with Crippen molar-refractivity contribution in [2.24, 2.45) is 0 Å². The minimum Gasteiger partial charge on any atom is -0.339 e. The minimum atomic E-state index is -0.495. The summed E-state index contributed by atoms with van der Waals surface area (Å²) in [6, 6.07) is 5.55. The van der Waals surface area contributed by atoms with E-state index in [1.807, 2.05) is 20.8 Å². The van der Waals surface area contributed by atoms with Gasteiger partial charge in [-0.05, 0) is 48.9 Å². The summed E-state index contributed by atoms with van der Waals surface area (Å²) in [4.78, 5) is 14.8. The summed E-state index contributed by atoms with van der Waals surface area (Å²) in [6.07, 6.45) is 0. The maximum Gasteiger partial charge on any atom is 0.254 e. The lowest BCUT2D eigenvalue weighted by Gasteiger charge is -2.31. The molecule has 7 nitrogen and oxygen atoms in total. The van der Waals surface area contributed by atoms with Gasteiger partial charge in [0.25, 0.3) is 5.91 Å². The van der Waals surface area contributed by atoms with Gasteiger partial charge in [0.15, 0.2) is 0 Å². The number of nitrogens with zero attached hydrogens (tertiary/aromatic N) is 5. The number of benzene rings is 1. The Morgan fingerprint density at radius 3 is 2.58 bits per heavy atom. The number of aromatic nitrogens is 4. The first-order chi connectivity index (χ1) is 11.6. The number of nitrogens with one attached hydrogen (secondary N) is 1. The molecular formula is C16H19FN6O. The first kappa shape index (κ1) is 16.1. The molecule has 2 heterocycles. The number of rotatable bonds is 4. The molecule has 0 unspecified atom stereocenters. The normalized spacial score (nSPS) is 16.6. The third-order valence-electron chi connectivity index (χ3n) is 4.18. The van der Waals surface area contributed by atoms with Crippen LogP contribution in [0.3, 0.4) is 0 Å². The van der Waals surface area contributed by atoms with E-state index in [1.165, 1.54) is 12.1 Å². The van der Waals surface area contributed by atoms with Crippen LogP contribution in [0.1, 0.15) is 32.4 Å². The van der Waals surface area contributed by atoms with Crippen molar-refractivity contribution in [3.05, 3.63) is 46.9 Å². The fourth-order valence-electron chi connectivity index (χ4n) is 2.92. The Kier molecular flexibility index (Phi) is 4.28. The molecule has 3 rings (SSSR count). The molecule has 0 radical (unpaired) electrons. The van der Waals surface area contributed by atoms with Crippen LogP contribution in [0.4, 0.5) is 10.3 Å². The van der Waals surface area contributed by atoms with E-state index in [9.17, 15) is 9.18 Å². The Hall–Kier alpha value is -2.77. The summed E-state index contributed by atoms with van der Waals surface area (Å²) in [5.74, 6) is 0.0420. The van der Waals surface area contributed by atoms with E-state index in [0.717, 1.165) is 5.56 Å². The zero-order valence-electron chi connectivity index (χ0n) is 13.8. The predicted molar refractivity (Wildman–Crippen MR) is 86.6 cm³/mol. The maximum absolute atomic E-state index is 13.3. The van der Waals surface area contributed by atoms with Gasteiger partial charge in [0.05, 0.1) is 5.57 Å². The van der Waals surface area contributed by atoms with E-state index in [2.05, 4.69) is 20.8 Å². The number of halogens is 1. The lowest BCUT2D eigenvalue weighted by atomic mass is 9.94. The van der Waals surface area contributed by atoms with Crippen molar-refractivity contribution in [2.45, 2.75) is 26.8 Å². The van der Waals surface area contributed by atoms with Gasteiger partial charge in [0, 0.05) is 18.8 Å². The lowest BCUT2D eigenvalue weighted by molar-refractivity contribution is -0.127. The van der Waals surface area contributed by atoms with Crippen molar-refractivity contribution >= 4 is 11.9 Å². The number of tetrazole rings is 1. The van der Waals surface area contributed by atoms with Crippen LogP contribution in [0.2, 0.25) is 0 Å². The van der Waals surface area contributed by atoms with Crippen LogP contribution in [-0.4, -0.2) is 44.1 Å². The number of hydrogen-bond acceptors (Lipinski definition) is 5. The van der Waals surface area contributed by atoms with Gasteiger partial charge in [-0.3, -0.25) is 4.79 Å². The molecule has 0 bridgehead atoms. The van der Waals surface area contributed by atoms with Gasteiger partial charge in [0.1, 0.15) is 11.9 Å². The lowest BCUT2D eigenvalue weighted by Crippen LogP contribution is -2.38. The highest BCUT2D eigenvalue weighted by Gasteiger charge is 2.35. The van der Waals surface area contributed by atoms with Crippen LogP contribution in [0.25, 0.3) is 0 Å². The molecule has 1 atom stereocenters. The summed E-state index contributed by atoms with van der Waals surface area (Å²) in [6.45, 7) is 6.90. The minimum absolute atomic E-state index is 0.0829. The Labute approximate surface area is 139 Å². The Morgan fingerprint density at radius 1 is 1.29 bits per heavy atom. The van der Waals surface area contributed by atoms with E-state index < -0.39 is 6.04 Å². The molecule has 1 aliphatic rings. The number of amides is 1. The van der Waals surface area contributed by atoms with Crippen molar-refractivity contribution in [2.75, 3.05) is 18.4 Å². The fourth-order valence-corrected chi connectivity index (χ4v) is 2.92. The van der Waals surface area contributed by atoms with Crippen LogP contribution in [-0.2, 0) is 4.79 Å². The van der Waals surface area contributed by atoms with E-state index in [-0.39, 0.29) is 11.7 Å². The summed E-state index contributed by atoms with van der Waals surface area (Å²) in [7, 11) is 0. The molecule has 126 valence electrons. The second-order valence-electron chi connectivity index (χ2n) is 5.54. The SMILES string of the molecule is CCN(CC)C(=O)C1=C(C)Nc2nnnn2[C@H]1c1ccc(F)cc1. The van der Waals surface area contributed by atoms with Gasteiger partial charge in [-0.25, -0.2) is 4.39 Å². The number of hydrogen-bond donors (Lipinski definition) is 1. The van der Waals surface area contributed by atoms with E-state index in [1.54, 1.807) is 21.7 Å². The highest BCUT2D eigenvalue weighted by molar-refractivity contribution is 5.96. The molecule has 1 amide bonds. The molecule has 0 spiro atoms. The predicted octanol–water partition coefficient (Wildman–Crippen LogP) is 1.97. The molecule has 8 heteroatoms. The zero-order chi connectivity index (χ0) is 17.3. The van der Waals surface area contributed by atoms with Gasteiger partial charge in [-0.2, -0.15) is 4.68 Å². The highest BCUT2D eigenvalue weighted by atomic mass is 19.1. The molecule has 1 aliphatic heterocycles. The second-order valence-corrected chi connectivity index (χ2v) is 5.54. The fraction of sp³-hybridized carbons (Fsp3) is 0.375. The van der Waals surface area contributed by atoms with Crippen LogP contribution in [0, 0.1) is 5.82 Å². The molecule has 0 saturated heterocycles. The van der Waals surface area contributed by atoms with Crippen LogP contribution in [0.5, 0.6) is 0 Å². The number of carbonyl (C=O) groups is 1. The first-order valence-electron chi connectivity index (χ1n) is 7.87. The number of anilines is 1. The van der Waals surface area contributed by atoms with E-state index in [4.69, 9.17) is 0 Å². The van der Waals surface area contributed by atoms with Gasteiger partial charge in [-0.1, -0.05) is 17.2 Å². The van der Waals surface area contributed by atoms with Crippen molar-refractivity contribution in [1.82, 2.24) is 25.1 Å². The average Bonchev–Trinajstić information content (AvgIpc) is 3.03. The first-order valence-corrected chi connectivity index (χ1v) is 7.87. The highest BCUT2D eigenvalue weighted by Crippen LogP contribution is 2.35. The molecular weight excluding hydrogens is 311 g/mol. The average molecular weight is 330 g/mol. The quantitative estimate of drug-likeness (QED) is 0.927. The number of fused-ring (bicyclic) bond motifs is 1. The van der Waals surface area contributed by atoms with Gasteiger partial charge in [-0.15, -0.1) is 0 Å². The van der Waals surface area contributed by atoms with Crippen LogP contribution in [0.15, 0.2) is 35.5 Å². The smallest absolute Gasteiger partial charge is 0.254 e. The standard InChI is InChI=1S/C16H19FN6O/c1-4-22(5-2)15(24)13-10(3)18-16-19-20-21-23(16)14(13)11-6-8-12(17)9-7-11/h6-9,14H,4-5H2,1-3H3,(H,18,19,21)/t14-/m0/s1. The third kappa shape index (κ3) is 2.64. The van der Waals surface area contributed by atoms with Crippen molar-refractivity contribution in [1.29, 1.82) is 0 Å². The number of allylic oxidation sites excluding steroid dienone is 1. The van der Waals surface area contributed by atoms with Gasteiger partial charge < -0.3 is 10.2 Å². The molecule has 0 fully saturated rings. The van der Waals surface area contributed by atoms with Crippen molar-refractivity contribution in [3.63, 3.8) is 0 Å². The summed E-state index contributed by atoms with van der Waals surface area (Å²) >= 11 is 0. The molecule has 2 aromatic rings. The van der Waals surface area contributed by atoms with E-state index >= 15 is 0 Å². The largest absolute Gasteiger partial charge is 0.339 e. The maximum atomic E-state index is 13.3. The van der Waals surface area contributed by atoms with E-state index in [0.29, 0.717) is 30.3 Å². The second kappa shape index (κ2) is 6.38. The molecule has 1 aromatic carbocycles. The van der Waals surface area contributed by atoms with Crippen LogP contribution >= 0.6 is 0 Å². The molecule has 1 N–H and O–H groups in total. The molecule has 0 saturated carbocycles. The summed E-state index contributed by atoms with van der Waals surface area (Å²) in [5.41, 5.74) is 2.01. The zero-order valence-corrected chi connectivity index (χ0v) is 13.8. The van der Waals surface area contributed by atoms with Gasteiger partial charge in [0.2, 0.25) is 5.95 Å². The summed E-state index contributed by atoms with van der Waals surface area (Å²) < 4.78 is 14.9. The molecule has 0 aliphatic carbocycles. The van der Waals surface area contributed by atoms with Gasteiger partial charge >= 0.3 is 0 Å². The number of carbonyl (C=O) groups excluding carboxylic acids is 1. The van der Waals surface area contributed by atoms with Crippen LogP contribution < -0.4 is 5.32 Å². The topological polar surface area (TPSA) is 75.9 Å². The van der Waals surface area contributed by atoms with Crippen molar-refractivity contribution < 1.29 is 9.18 Å². The molecule has 24 heavy (non-hydrogen) atoms. The third-order valence-corrected chi connectivity index (χ3v) is 4.18. The van der Waals surface area contributed by atoms with Crippen molar-refractivity contribution in [3.8, 4) is 0 Å². The Bertz CT molecular complexity index is 778. The molecule has 1 aromatic heterocycles. The Balaban J connectivity index is 2.13. The number of likely N-dealkylation sites (N-methyl/N-ethyl adjacent to an activating group) is 1. The Morgan fingerprint density at radius 2 is 1.96 bits per heavy atom.